The van der Waals surface area contributed by atoms with Crippen LogP contribution >= 0.6 is 11.3 Å². The molecule has 0 spiro atoms. The van der Waals surface area contributed by atoms with Crippen LogP contribution in [0.5, 0.6) is 11.5 Å². The number of aromatic nitrogens is 3. The molecule has 0 bridgehead atoms. The first-order chi connectivity index (χ1) is 21.2. The number of benzene rings is 3. The number of thiophene rings is 1. The molecule has 0 N–H and O–H groups in total. The quantitative estimate of drug-likeness (QED) is 0.198. The van der Waals surface area contributed by atoms with E-state index in [1.165, 1.54) is 0 Å². The van der Waals surface area contributed by atoms with Crippen LogP contribution in [0.1, 0.15) is 16.3 Å². The number of amides is 1. The van der Waals surface area contributed by atoms with E-state index in [2.05, 4.69) is 22.2 Å². The summed E-state index contributed by atoms with van der Waals surface area (Å²) in [5, 5.41) is 7.24. The van der Waals surface area contributed by atoms with Crippen LogP contribution < -0.4 is 9.64 Å². The molecule has 3 aromatic heterocycles. The van der Waals surface area contributed by atoms with Gasteiger partial charge in [-0.3, -0.25) is 4.79 Å². The number of rotatable bonds is 8. The summed E-state index contributed by atoms with van der Waals surface area (Å²) in [5.74, 6) is 3.04. The van der Waals surface area contributed by atoms with Gasteiger partial charge < -0.3 is 19.1 Å². The van der Waals surface area contributed by atoms with E-state index in [0.717, 1.165) is 33.0 Å². The van der Waals surface area contributed by atoms with E-state index in [-0.39, 0.29) is 5.91 Å². The molecule has 1 aliphatic heterocycles. The highest BCUT2D eigenvalue weighted by molar-refractivity contribution is 7.10. The van der Waals surface area contributed by atoms with Crippen molar-refractivity contribution < 1.29 is 14.1 Å². The summed E-state index contributed by atoms with van der Waals surface area (Å²) in [6.45, 7) is 2.53. The number of carbonyl (C=O) groups is 1. The molecule has 214 valence electrons. The zero-order valence-electron chi connectivity index (χ0n) is 23.4. The average Bonchev–Trinajstić information content (AvgIpc) is 3.72. The Hall–Kier alpha value is -5.02. The molecule has 9 heteroatoms. The van der Waals surface area contributed by atoms with Crippen molar-refractivity contribution in [2.75, 3.05) is 31.1 Å². The Morgan fingerprint density at radius 2 is 1.60 bits per heavy atom. The second-order valence-electron chi connectivity index (χ2n) is 10.4. The average molecular weight is 588 g/mol. The number of hydrogen-bond donors (Lipinski definition) is 0. The molecule has 0 atom stereocenters. The molecule has 7 rings (SSSR count). The van der Waals surface area contributed by atoms with Crippen molar-refractivity contribution in [3.8, 4) is 22.8 Å². The number of ether oxygens (including phenoxy) is 1. The van der Waals surface area contributed by atoms with Gasteiger partial charge in [0.15, 0.2) is 0 Å². The summed E-state index contributed by atoms with van der Waals surface area (Å²) in [6, 6.07) is 31.6. The van der Waals surface area contributed by atoms with Crippen LogP contribution in [0.4, 0.5) is 5.82 Å². The minimum Gasteiger partial charge on any atom is -0.457 e. The summed E-state index contributed by atoms with van der Waals surface area (Å²) < 4.78 is 12.0. The van der Waals surface area contributed by atoms with Gasteiger partial charge in [0.1, 0.15) is 34.2 Å². The number of nitrogens with zero attached hydrogens (tertiary/aromatic N) is 5. The molecule has 0 aliphatic carbocycles. The fraction of sp³-hybridized carbons (Fsp3) is 0.176. The minimum absolute atomic E-state index is 0.153. The van der Waals surface area contributed by atoms with Crippen LogP contribution in [-0.4, -0.2) is 52.1 Å². The molecule has 1 fully saturated rings. The van der Waals surface area contributed by atoms with Gasteiger partial charge in [-0.2, -0.15) is 4.98 Å². The van der Waals surface area contributed by atoms with E-state index in [1.54, 1.807) is 11.3 Å². The van der Waals surface area contributed by atoms with Crippen LogP contribution in [0.2, 0.25) is 0 Å². The number of para-hydroxylation sites is 1. The highest BCUT2D eigenvalue weighted by atomic mass is 32.1. The first-order valence-electron chi connectivity index (χ1n) is 14.3. The fourth-order valence-electron chi connectivity index (χ4n) is 5.34. The number of fused-ring (bicyclic) bond motifs is 1. The lowest BCUT2D eigenvalue weighted by molar-refractivity contribution is -0.130. The molecular weight excluding hydrogens is 558 g/mol. The van der Waals surface area contributed by atoms with Crippen LogP contribution in [0.25, 0.3) is 22.4 Å². The largest absolute Gasteiger partial charge is 0.457 e. The molecule has 3 aromatic carbocycles. The van der Waals surface area contributed by atoms with Gasteiger partial charge in [0.25, 0.3) is 5.71 Å². The highest BCUT2D eigenvalue weighted by Gasteiger charge is 2.27. The smallest absolute Gasteiger partial charge is 0.263 e. The molecule has 43 heavy (non-hydrogen) atoms. The molecule has 0 saturated carbocycles. The fourth-order valence-corrected chi connectivity index (χ4v) is 6.03. The lowest BCUT2D eigenvalue weighted by atomic mass is 10.1. The summed E-state index contributed by atoms with van der Waals surface area (Å²) in [7, 11) is 0. The third kappa shape index (κ3) is 5.98. The Labute approximate surface area is 253 Å². The lowest BCUT2D eigenvalue weighted by Gasteiger charge is -2.35. The van der Waals surface area contributed by atoms with Crippen LogP contribution in [0, 0.1) is 0 Å². The van der Waals surface area contributed by atoms with E-state index >= 15 is 0 Å². The van der Waals surface area contributed by atoms with Crippen LogP contribution in [0.3, 0.4) is 0 Å². The topological polar surface area (TPSA) is 84.6 Å². The van der Waals surface area contributed by atoms with Gasteiger partial charge in [0, 0.05) is 43.0 Å². The Balaban J connectivity index is 1.21. The maximum Gasteiger partial charge on any atom is 0.263 e. The zero-order chi connectivity index (χ0) is 29.0. The Morgan fingerprint density at radius 1 is 0.837 bits per heavy atom. The lowest BCUT2D eigenvalue weighted by Crippen LogP contribution is -2.49. The number of hydrogen-bond acceptors (Lipinski definition) is 8. The first kappa shape index (κ1) is 26.9. The van der Waals surface area contributed by atoms with Gasteiger partial charge in [-0.15, -0.1) is 11.3 Å². The molecule has 0 radical (unpaired) electrons. The van der Waals surface area contributed by atoms with Gasteiger partial charge in [-0.1, -0.05) is 71.9 Å². The van der Waals surface area contributed by atoms with Crippen molar-refractivity contribution in [2.45, 2.75) is 12.8 Å². The van der Waals surface area contributed by atoms with E-state index < -0.39 is 0 Å². The maximum atomic E-state index is 13.0. The molecular formula is C34H29N5O3S. The highest BCUT2D eigenvalue weighted by Crippen LogP contribution is 2.36. The Morgan fingerprint density at radius 3 is 2.37 bits per heavy atom. The van der Waals surface area contributed by atoms with E-state index in [4.69, 9.17) is 19.2 Å². The summed E-state index contributed by atoms with van der Waals surface area (Å²) in [4.78, 5) is 28.1. The molecule has 1 aliphatic rings. The number of anilines is 1. The third-order valence-corrected chi connectivity index (χ3v) is 8.37. The first-order valence-corrected chi connectivity index (χ1v) is 15.2. The van der Waals surface area contributed by atoms with Crippen LogP contribution in [-0.2, 0) is 17.6 Å². The predicted molar refractivity (Wildman–Crippen MR) is 168 cm³/mol. The summed E-state index contributed by atoms with van der Waals surface area (Å²) in [5.41, 5.74) is 3.06. The van der Waals surface area contributed by atoms with Gasteiger partial charge in [0.05, 0.1) is 6.42 Å². The van der Waals surface area contributed by atoms with Crippen molar-refractivity contribution in [2.24, 2.45) is 0 Å². The number of carbonyl (C=O) groups excluding carboxylic acids is 1. The van der Waals surface area contributed by atoms with Crippen molar-refractivity contribution in [3.63, 3.8) is 0 Å². The van der Waals surface area contributed by atoms with Crippen LogP contribution in [0.15, 0.2) is 107 Å². The number of piperazine rings is 1. The second-order valence-corrected chi connectivity index (χ2v) is 11.4. The predicted octanol–water partition coefficient (Wildman–Crippen LogP) is 6.62. The normalized spacial score (nSPS) is 13.4. The summed E-state index contributed by atoms with van der Waals surface area (Å²) >= 11 is 1.62. The summed E-state index contributed by atoms with van der Waals surface area (Å²) in [6.07, 6.45) is 1.01. The van der Waals surface area contributed by atoms with Crippen molar-refractivity contribution in [1.29, 1.82) is 0 Å². The van der Waals surface area contributed by atoms with Crippen molar-refractivity contribution >= 4 is 34.2 Å². The molecule has 1 amide bonds. The Kier molecular flexibility index (Phi) is 7.54. The maximum absolute atomic E-state index is 13.0. The molecule has 4 heterocycles. The van der Waals surface area contributed by atoms with Crippen molar-refractivity contribution in [3.05, 3.63) is 119 Å². The van der Waals surface area contributed by atoms with Gasteiger partial charge in [-0.05, 0) is 41.3 Å². The minimum atomic E-state index is 0.153. The van der Waals surface area contributed by atoms with E-state index in [9.17, 15) is 4.79 Å². The molecule has 8 nitrogen and oxygen atoms in total. The SMILES string of the molecule is O=C(Cc1cccs1)N1CCN(c2nc(Cc3ccccc3)nc3onc(-c4cccc(Oc5ccccc5)c4)c23)CC1. The van der Waals surface area contributed by atoms with E-state index in [1.807, 2.05) is 95.2 Å². The standard InChI is InChI=1S/C34H29N5O3S/c40-30(23-28-15-8-20-43-28)38-16-18-39(19-17-38)33-31-32(25-11-7-14-27(22-25)41-26-12-5-2-6-13-26)37-42-34(31)36-29(35-33)21-24-9-3-1-4-10-24/h1-15,20,22H,16-19,21,23H2. The Bertz CT molecular complexity index is 1830. The second kappa shape index (κ2) is 12.1. The monoisotopic (exact) mass is 587 g/mol. The van der Waals surface area contributed by atoms with Gasteiger partial charge in [0.2, 0.25) is 5.91 Å². The third-order valence-electron chi connectivity index (χ3n) is 7.49. The van der Waals surface area contributed by atoms with E-state index in [0.29, 0.717) is 62.0 Å². The zero-order valence-corrected chi connectivity index (χ0v) is 24.2. The van der Waals surface area contributed by atoms with Gasteiger partial charge in [-0.25, -0.2) is 4.98 Å². The molecule has 6 aromatic rings. The molecule has 1 saturated heterocycles. The molecule has 0 unspecified atom stereocenters. The van der Waals surface area contributed by atoms with Gasteiger partial charge >= 0.3 is 0 Å². The van der Waals surface area contributed by atoms with Crippen molar-refractivity contribution in [1.82, 2.24) is 20.0 Å².